The molecule has 6 rings (SSSR count). The number of nitrogen functional groups attached to an aromatic ring is 2. The van der Waals surface area contributed by atoms with Crippen molar-refractivity contribution in [3.63, 3.8) is 0 Å². The Morgan fingerprint density at radius 3 is 2.13 bits per heavy atom. The summed E-state index contributed by atoms with van der Waals surface area (Å²) in [5, 5.41) is 51.9. The van der Waals surface area contributed by atoms with Crippen LogP contribution in [0.15, 0.2) is 65.9 Å². The molecule has 5 heterocycles. The molecule has 0 spiro atoms. The fraction of sp³-hybridized carbons (Fsp3) is 0.393. The second-order valence-corrected chi connectivity index (χ2v) is 15.5. The summed E-state index contributed by atoms with van der Waals surface area (Å²) in [6, 6.07) is 7.20. The number of carbonyl (C=O) groups excluding carboxylic acids is 1. The van der Waals surface area contributed by atoms with Crippen molar-refractivity contribution in [1.82, 2.24) is 24.4 Å². The molecule has 2 unspecified atom stereocenters. The van der Waals surface area contributed by atoms with Gasteiger partial charge in [0.05, 0.1) is 19.5 Å². The molecular weight excluding hydrogens is 780 g/mol. The highest BCUT2D eigenvalue weighted by molar-refractivity contribution is 8.03. The molecule has 12 N–H and O–H groups in total. The van der Waals surface area contributed by atoms with Gasteiger partial charge in [-0.1, -0.05) is 6.08 Å². The van der Waals surface area contributed by atoms with Crippen molar-refractivity contribution in [2.24, 2.45) is 5.73 Å². The quantitative estimate of drug-likeness (QED) is 0.0465. The molecule has 26 heteroatoms. The van der Waals surface area contributed by atoms with Crippen LogP contribution in [0.3, 0.4) is 0 Å². The smallest absolute Gasteiger partial charge is 0.399 e. The molecule has 2 saturated heterocycles. The van der Waals surface area contributed by atoms with E-state index in [4.69, 9.17) is 41.0 Å². The number of nitriles is 1. The van der Waals surface area contributed by atoms with Crippen molar-refractivity contribution >= 4 is 56.0 Å². The number of hydrogen-bond acceptors (Lipinski definition) is 20. The number of carbonyl (C=O) groups is 1. The van der Waals surface area contributed by atoms with E-state index in [1.807, 2.05) is 17.5 Å². The van der Waals surface area contributed by atoms with Crippen LogP contribution >= 0.6 is 27.4 Å². The molecule has 3 aliphatic rings. The van der Waals surface area contributed by atoms with E-state index in [0.717, 1.165) is 28.7 Å². The number of thiocyanates is 1. The summed E-state index contributed by atoms with van der Waals surface area (Å²) < 4.78 is 50.8. The SMILES string of the molecule is N#CSc1ccc(N)cc1.NC(=O)C1=CN([C@@H]2O[C@H](COP(=O)(O)OP(=O)(O)OC[C@H]3O[C@@H](n4cnc5c(N)ncnc54)[C@H](O)[C@@H]3O)[C@@H](O)[C@H]2O)C=CC1. The zero-order valence-electron chi connectivity index (χ0n) is 27.6. The van der Waals surface area contributed by atoms with Crippen LogP contribution in [0.25, 0.3) is 11.2 Å². The van der Waals surface area contributed by atoms with Crippen molar-refractivity contribution < 1.29 is 67.0 Å². The fourth-order valence-electron chi connectivity index (χ4n) is 5.27. The molecule has 1 amide bonds. The van der Waals surface area contributed by atoms with Crippen molar-refractivity contribution in [2.75, 3.05) is 24.7 Å². The van der Waals surface area contributed by atoms with Crippen LogP contribution < -0.4 is 17.2 Å². The lowest BCUT2D eigenvalue weighted by Crippen LogP contribution is -2.40. The Morgan fingerprint density at radius 1 is 0.944 bits per heavy atom. The summed E-state index contributed by atoms with van der Waals surface area (Å²) in [6.07, 6.45) is -4.88. The van der Waals surface area contributed by atoms with E-state index in [1.54, 1.807) is 18.2 Å². The number of hydrogen-bond donors (Lipinski definition) is 9. The molecule has 292 valence electrons. The van der Waals surface area contributed by atoms with Gasteiger partial charge in [-0.15, -0.1) is 0 Å². The number of phosphoric ester groups is 2. The average Bonchev–Trinajstić information content (AvgIpc) is 3.77. The van der Waals surface area contributed by atoms with Crippen LogP contribution in [-0.4, -0.2) is 117 Å². The van der Waals surface area contributed by atoms with Crippen molar-refractivity contribution in [2.45, 2.75) is 60.4 Å². The van der Waals surface area contributed by atoms with Gasteiger partial charge in [-0.3, -0.25) is 18.4 Å². The minimum absolute atomic E-state index is 0.0517. The topological polar surface area (TPSA) is 367 Å². The Kier molecular flexibility index (Phi) is 13.1. The summed E-state index contributed by atoms with van der Waals surface area (Å²) in [4.78, 5) is 45.5. The molecule has 0 radical (unpaired) electrons. The van der Waals surface area contributed by atoms with Gasteiger partial charge in [0.1, 0.15) is 53.9 Å². The third kappa shape index (κ3) is 9.79. The minimum Gasteiger partial charge on any atom is -0.399 e. The first kappa shape index (κ1) is 41.1. The van der Waals surface area contributed by atoms with Crippen LogP contribution in [0.5, 0.6) is 0 Å². The van der Waals surface area contributed by atoms with E-state index in [0.29, 0.717) is 0 Å². The summed E-state index contributed by atoms with van der Waals surface area (Å²) in [7, 11) is -10.7. The van der Waals surface area contributed by atoms with Crippen LogP contribution in [0.1, 0.15) is 12.6 Å². The first-order valence-corrected chi connectivity index (χ1v) is 19.3. The first-order valence-electron chi connectivity index (χ1n) is 15.5. The van der Waals surface area contributed by atoms with Gasteiger partial charge >= 0.3 is 15.6 Å². The lowest BCUT2D eigenvalue weighted by Gasteiger charge is -2.28. The van der Waals surface area contributed by atoms with E-state index in [-0.39, 0.29) is 29.0 Å². The summed E-state index contributed by atoms with van der Waals surface area (Å²) in [5.41, 5.74) is 17.7. The molecule has 3 aromatic rings. The number of imidazole rings is 1. The predicted octanol–water partition coefficient (Wildman–Crippen LogP) is -0.844. The number of primary amides is 1. The van der Waals surface area contributed by atoms with Crippen molar-refractivity contribution in [3.8, 4) is 5.40 Å². The van der Waals surface area contributed by atoms with Gasteiger partial charge in [0, 0.05) is 28.6 Å². The van der Waals surface area contributed by atoms with Crippen molar-refractivity contribution in [3.05, 3.63) is 61.0 Å². The number of allylic oxidation sites excluding steroid dienone is 1. The minimum atomic E-state index is -5.37. The molecule has 0 bridgehead atoms. The Labute approximate surface area is 309 Å². The Balaban J connectivity index is 0.000000486. The van der Waals surface area contributed by atoms with Gasteiger partial charge in [-0.05, 0) is 42.4 Å². The fourth-order valence-corrected chi connectivity index (χ4v) is 7.74. The highest BCUT2D eigenvalue weighted by Gasteiger charge is 2.48. The van der Waals surface area contributed by atoms with E-state index in [2.05, 4.69) is 19.3 Å². The maximum absolute atomic E-state index is 12.4. The third-order valence-electron chi connectivity index (χ3n) is 7.92. The number of phosphoric acid groups is 2. The van der Waals surface area contributed by atoms with E-state index >= 15 is 0 Å². The maximum atomic E-state index is 12.4. The summed E-state index contributed by atoms with van der Waals surface area (Å²) in [5.74, 6) is -0.658. The number of thioether (sulfide) groups is 1. The van der Waals surface area contributed by atoms with Gasteiger partial charge in [0.15, 0.2) is 23.9 Å². The maximum Gasteiger partial charge on any atom is 0.481 e. The lowest BCUT2D eigenvalue weighted by atomic mass is 10.1. The van der Waals surface area contributed by atoms with E-state index in [1.165, 1.54) is 28.2 Å². The second kappa shape index (κ2) is 17.2. The lowest BCUT2D eigenvalue weighted by molar-refractivity contribution is -0.115. The Morgan fingerprint density at radius 2 is 1.54 bits per heavy atom. The summed E-state index contributed by atoms with van der Waals surface area (Å²) >= 11 is 1.13. The number of ether oxygens (including phenoxy) is 2. The Hall–Kier alpha value is -4.02. The number of fused-ring (bicyclic) bond motifs is 1. The van der Waals surface area contributed by atoms with Gasteiger partial charge in [-0.2, -0.15) is 9.57 Å². The highest BCUT2D eigenvalue weighted by atomic mass is 32.2. The van der Waals surface area contributed by atoms with Crippen LogP contribution in [0.2, 0.25) is 0 Å². The van der Waals surface area contributed by atoms with Crippen LogP contribution in [0, 0.1) is 10.7 Å². The number of aromatic nitrogens is 4. The molecule has 0 aliphatic carbocycles. The number of aliphatic hydroxyl groups is 4. The molecule has 10 atom stereocenters. The number of benzene rings is 1. The standard InChI is InChI=1S/C21H29N7O14P2.C7H6N2S/c22-17-12-19(25-7-24-17)28(8-26-12)21-16(32)14(30)11(41-21)6-39-44(36,37)42-43(34,35)38-5-10-13(29)15(31)20(40-10)27-3-1-2-9(4-27)18(23)33;8-5-10-7-3-1-6(9)2-4-7/h1,3-4,7-8,10-11,13-16,20-21,29-32H,2,5-6H2,(H2,23,33)(H,34,35)(H,36,37)(H2,22,24,25);1-4H,9H2/t10-,11-,13-,14-,15-,16-,20-,21-;/m1./s1. The molecule has 2 fully saturated rings. The molecule has 2 aromatic heterocycles. The van der Waals surface area contributed by atoms with Gasteiger partial charge in [-0.25, -0.2) is 24.1 Å². The monoisotopic (exact) mass is 815 g/mol. The molecule has 54 heavy (non-hydrogen) atoms. The third-order valence-corrected chi connectivity index (χ3v) is 11.1. The summed E-state index contributed by atoms with van der Waals surface area (Å²) in [6.45, 7) is -1.79. The molecular formula is C28H35N9O14P2S. The van der Waals surface area contributed by atoms with Gasteiger partial charge in [0.25, 0.3) is 0 Å². The predicted molar refractivity (Wildman–Crippen MR) is 184 cm³/mol. The molecule has 1 aromatic carbocycles. The number of aliphatic hydroxyl groups excluding tert-OH is 4. The molecule has 3 aliphatic heterocycles. The first-order chi connectivity index (χ1) is 25.5. The largest absolute Gasteiger partial charge is 0.481 e. The average molecular weight is 816 g/mol. The number of nitrogens with zero attached hydrogens (tertiary/aromatic N) is 6. The number of nitrogens with two attached hydrogens (primary N) is 3. The second-order valence-electron chi connectivity index (χ2n) is 11.6. The molecule has 0 saturated carbocycles. The van der Waals surface area contributed by atoms with Crippen LogP contribution in [-0.2, 0) is 36.8 Å². The zero-order chi connectivity index (χ0) is 39.4. The number of anilines is 2. The normalized spacial score (nSPS) is 28.8. The van der Waals surface area contributed by atoms with Crippen molar-refractivity contribution in [1.29, 1.82) is 5.26 Å². The number of amides is 1. The van der Waals surface area contributed by atoms with Gasteiger partial charge < -0.3 is 61.8 Å². The van der Waals surface area contributed by atoms with E-state index in [9.17, 15) is 44.1 Å². The highest BCUT2D eigenvalue weighted by Crippen LogP contribution is 2.60. The molecule has 23 nitrogen and oxygen atoms in total. The van der Waals surface area contributed by atoms with Gasteiger partial charge in [0.2, 0.25) is 5.91 Å². The van der Waals surface area contributed by atoms with E-state index < -0.39 is 83.8 Å². The van der Waals surface area contributed by atoms with Crippen LogP contribution in [0.4, 0.5) is 11.5 Å². The Bertz CT molecular complexity index is 2020. The zero-order valence-corrected chi connectivity index (χ0v) is 30.2. The number of rotatable bonds is 12.